The molecular formula is C13H19N5OS. The Labute approximate surface area is 122 Å². The number of rotatable bonds is 7. The van der Waals surface area contributed by atoms with Crippen molar-refractivity contribution in [2.24, 2.45) is 0 Å². The molecule has 7 heteroatoms. The van der Waals surface area contributed by atoms with Gasteiger partial charge in [0.25, 0.3) is 0 Å². The number of aromatic nitrogens is 3. The van der Waals surface area contributed by atoms with Crippen LogP contribution in [-0.4, -0.2) is 42.2 Å². The summed E-state index contributed by atoms with van der Waals surface area (Å²) in [5, 5.41) is 5.14. The molecule has 6 nitrogen and oxygen atoms in total. The van der Waals surface area contributed by atoms with Gasteiger partial charge < -0.3 is 15.0 Å². The lowest BCUT2D eigenvalue weighted by atomic mass is 10.4. The van der Waals surface area contributed by atoms with Gasteiger partial charge in [-0.3, -0.25) is 0 Å². The average molecular weight is 293 g/mol. The van der Waals surface area contributed by atoms with Gasteiger partial charge >= 0.3 is 6.01 Å². The van der Waals surface area contributed by atoms with Crippen LogP contribution in [-0.2, 0) is 6.42 Å². The fourth-order valence-corrected chi connectivity index (χ4v) is 2.24. The Morgan fingerprint density at radius 2 is 2.15 bits per heavy atom. The van der Waals surface area contributed by atoms with Crippen LogP contribution in [0, 0.1) is 0 Å². The average Bonchev–Trinajstić information content (AvgIpc) is 2.92. The van der Waals surface area contributed by atoms with E-state index in [-0.39, 0.29) is 0 Å². The molecule has 0 aliphatic rings. The Kier molecular flexibility index (Phi) is 5.11. The molecule has 0 atom stereocenters. The van der Waals surface area contributed by atoms with Gasteiger partial charge in [0.2, 0.25) is 11.9 Å². The first-order valence-electron chi connectivity index (χ1n) is 6.51. The predicted molar refractivity (Wildman–Crippen MR) is 81.8 cm³/mol. The molecule has 0 amide bonds. The Morgan fingerprint density at radius 1 is 1.30 bits per heavy atom. The lowest BCUT2D eigenvalue weighted by molar-refractivity contribution is 0.297. The molecule has 0 aliphatic carbocycles. The van der Waals surface area contributed by atoms with Gasteiger partial charge in [0.15, 0.2) is 0 Å². The second kappa shape index (κ2) is 7.04. The zero-order valence-electron chi connectivity index (χ0n) is 12.0. The van der Waals surface area contributed by atoms with E-state index >= 15 is 0 Å². The highest BCUT2D eigenvalue weighted by Gasteiger charge is 2.08. The van der Waals surface area contributed by atoms with E-state index in [2.05, 4.69) is 31.7 Å². The van der Waals surface area contributed by atoms with Crippen LogP contribution in [0.15, 0.2) is 17.5 Å². The van der Waals surface area contributed by atoms with Crippen LogP contribution in [0.3, 0.4) is 0 Å². The van der Waals surface area contributed by atoms with Crippen LogP contribution in [0.1, 0.15) is 11.8 Å². The second-order valence-corrected chi connectivity index (χ2v) is 5.38. The summed E-state index contributed by atoms with van der Waals surface area (Å²) >= 11 is 1.72. The molecule has 0 radical (unpaired) electrons. The first kappa shape index (κ1) is 14.5. The smallest absolute Gasteiger partial charge is 0.323 e. The highest BCUT2D eigenvalue weighted by molar-refractivity contribution is 7.09. The Morgan fingerprint density at radius 3 is 2.80 bits per heavy atom. The highest BCUT2D eigenvalue weighted by atomic mass is 32.1. The van der Waals surface area contributed by atoms with Gasteiger partial charge in [-0.15, -0.1) is 11.3 Å². The van der Waals surface area contributed by atoms with Gasteiger partial charge in [-0.1, -0.05) is 6.07 Å². The summed E-state index contributed by atoms with van der Waals surface area (Å²) in [7, 11) is 3.78. The number of nitrogens with one attached hydrogen (secondary N) is 1. The van der Waals surface area contributed by atoms with E-state index in [1.807, 2.05) is 32.0 Å². The number of hydrogen-bond donors (Lipinski definition) is 1. The molecule has 0 spiro atoms. The Balaban J connectivity index is 2.01. The van der Waals surface area contributed by atoms with E-state index in [9.17, 15) is 0 Å². The first-order chi connectivity index (χ1) is 9.69. The number of thiophene rings is 1. The fraction of sp³-hybridized carbons (Fsp3) is 0.462. The predicted octanol–water partition coefficient (Wildman–Crippen LogP) is 2.05. The minimum atomic E-state index is 0.358. The van der Waals surface area contributed by atoms with Gasteiger partial charge in [0.1, 0.15) is 0 Å². The molecule has 108 valence electrons. The number of ether oxygens (including phenoxy) is 1. The normalized spacial score (nSPS) is 10.3. The van der Waals surface area contributed by atoms with E-state index in [0.717, 1.165) is 13.0 Å². The van der Waals surface area contributed by atoms with E-state index in [0.29, 0.717) is 24.5 Å². The Hall–Kier alpha value is -1.89. The number of anilines is 2. The van der Waals surface area contributed by atoms with Crippen LogP contribution in [0.5, 0.6) is 6.01 Å². The van der Waals surface area contributed by atoms with Gasteiger partial charge in [-0.25, -0.2) is 0 Å². The maximum absolute atomic E-state index is 5.63. The minimum absolute atomic E-state index is 0.358. The van der Waals surface area contributed by atoms with Crippen molar-refractivity contribution in [3.05, 3.63) is 22.4 Å². The van der Waals surface area contributed by atoms with Gasteiger partial charge in [0.05, 0.1) is 6.61 Å². The molecule has 2 heterocycles. The second-order valence-electron chi connectivity index (χ2n) is 4.34. The van der Waals surface area contributed by atoms with Crippen molar-refractivity contribution in [1.29, 1.82) is 0 Å². The van der Waals surface area contributed by atoms with Gasteiger partial charge in [0, 0.05) is 31.9 Å². The van der Waals surface area contributed by atoms with E-state index < -0.39 is 0 Å². The molecule has 1 N–H and O–H groups in total. The van der Waals surface area contributed by atoms with Crippen molar-refractivity contribution >= 4 is 23.2 Å². The molecule has 0 unspecified atom stereocenters. The van der Waals surface area contributed by atoms with Crippen molar-refractivity contribution in [1.82, 2.24) is 15.0 Å². The SMILES string of the molecule is CCNc1nc(OCCc2cccs2)nc(N(C)C)n1. The van der Waals surface area contributed by atoms with Crippen molar-refractivity contribution < 1.29 is 4.74 Å². The lowest BCUT2D eigenvalue weighted by Gasteiger charge is -2.13. The number of nitrogens with zero attached hydrogens (tertiary/aromatic N) is 4. The largest absolute Gasteiger partial charge is 0.463 e. The summed E-state index contributed by atoms with van der Waals surface area (Å²) in [5.41, 5.74) is 0. The molecule has 0 aliphatic heterocycles. The molecule has 0 saturated heterocycles. The molecule has 2 aromatic rings. The van der Waals surface area contributed by atoms with Crippen LogP contribution >= 0.6 is 11.3 Å². The van der Waals surface area contributed by atoms with Crippen molar-refractivity contribution in [3.8, 4) is 6.01 Å². The maximum Gasteiger partial charge on any atom is 0.323 e. The van der Waals surface area contributed by atoms with E-state index in [4.69, 9.17) is 4.74 Å². The lowest BCUT2D eigenvalue weighted by Crippen LogP contribution is -2.16. The minimum Gasteiger partial charge on any atom is -0.463 e. The monoisotopic (exact) mass is 293 g/mol. The summed E-state index contributed by atoms with van der Waals surface area (Å²) < 4.78 is 5.63. The van der Waals surface area contributed by atoms with Crippen molar-refractivity contribution in [2.45, 2.75) is 13.3 Å². The first-order valence-corrected chi connectivity index (χ1v) is 7.39. The van der Waals surface area contributed by atoms with Crippen LogP contribution in [0.4, 0.5) is 11.9 Å². The fourth-order valence-electron chi connectivity index (χ4n) is 1.55. The van der Waals surface area contributed by atoms with E-state index in [1.165, 1.54) is 4.88 Å². The highest BCUT2D eigenvalue weighted by Crippen LogP contribution is 2.14. The molecule has 0 bridgehead atoms. The standard InChI is InChI=1S/C13H19N5OS/c1-4-14-11-15-12(18(2)3)17-13(16-11)19-8-7-10-6-5-9-20-10/h5-6,9H,4,7-8H2,1-3H3,(H,14,15,16,17). The molecule has 20 heavy (non-hydrogen) atoms. The summed E-state index contributed by atoms with van der Waals surface area (Å²) in [5.74, 6) is 1.12. The van der Waals surface area contributed by atoms with Crippen molar-refractivity contribution in [3.63, 3.8) is 0 Å². The number of hydrogen-bond acceptors (Lipinski definition) is 7. The Bertz CT molecular complexity index is 530. The molecule has 2 aromatic heterocycles. The zero-order valence-corrected chi connectivity index (χ0v) is 12.8. The topological polar surface area (TPSA) is 63.2 Å². The van der Waals surface area contributed by atoms with Crippen LogP contribution in [0.2, 0.25) is 0 Å². The third-order valence-electron chi connectivity index (χ3n) is 2.50. The molecule has 0 fully saturated rings. The third-order valence-corrected chi connectivity index (χ3v) is 3.43. The molecule has 0 aromatic carbocycles. The molecule has 2 rings (SSSR count). The summed E-state index contributed by atoms with van der Waals surface area (Å²) in [6.45, 7) is 3.31. The summed E-state index contributed by atoms with van der Waals surface area (Å²) in [6.07, 6.45) is 0.858. The molecule has 0 saturated carbocycles. The third kappa shape index (κ3) is 4.06. The maximum atomic E-state index is 5.63. The van der Waals surface area contributed by atoms with Crippen LogP contribution in [0.25, 0.3) is 0 Å². The van der Waals surface area contributed by atoms with Gasteiger partial charge in [-0.05, 0) is 18.4 Å². The quantitative estimate of drug-likeness (QED) is 0.843. The van der Waals surface area contributed by atoms with Gasteiger partial charge in [-0.2, -0.15) is 15.0 Å². The van der Waals surface area contributed by atoms with E-state index in [1.54, 1.807) is 11.3 Å². The zero-order chi connectivity index (χ0) is 14.4. The van der Waals surface area contributed by atoms with Crippen molar-refractivity contribution in [2.75, 3.05) is 37.5 Å². The summed E-state index contributed by atoms with van der Waals surface area (Å²) in [4.78, 5) is 15.9. The van der Waals surface area contributed by atoms with Crippen LogP contribution < -0.4 is 15.0 Å². The summed E-state index contributed by atoms with van der Waals surface area (Å²) in [6, 6.07) is 4.49. The molecular weight excluding hydrogens is 274 g/mol.